The van der Waals surface area contributed by atoms with Crippen LogP contribution in [-0.4, -0.2) is 66.6 Å². The standard InChI is InChI=1S/C29H40Cl2N4O3/c1-19(2)16-26(36)22-8-6-7-9-25(22)34-12-14-35(15-13-34)27(37)24(33-28(38)29(3,4)32-5)17-20-10-11-21(30)18-23(20)31/h6-11,18-19,24,26,32,36H,12-17H2,1-5H3,(H,33,38)/t24-,26?/m1/s1. The summed E-state index contributed by atoms with van der Waals surface area (Å²) >= 11 is 12.5. The van der Waals surface area contributed by atoms with Gasteiger partial charge in [0.15, 0.2) is 0 Å². The molecule has 2 aromatic rings. The predicted molar refractivity (Wildman–Crippen MR) is 155 cm³/mol. The number of likely N-dealkylation sites (N-methyl/N-ethyl adjacent to an activating group) is 1. The van der Waals surface area contributed by atoms with Gasteiger partial charge in [-0.15, -0.1) is 0 Å². The molecule has 38 heavy (non-hydrogen) atoms. The molecule has 3 N–H and O–H groups in total. The second-order valence-corrected chi connectivity index (χ2v) is 11.7. The molecule has 3 rings (SSSR count). The predicted octanol–water partition coefficient (Wildman–Crippen LogP) is 4.45. The van der Waals surface area contributed by atoms with Crippen molar-refractivity contribution in [3.05, 3.63) is 63.6 Å². The van der Waals surface area contributed by atoms with Gasteiger partial charge in [-0.1, -0.05) is 61.3 Å². The molecular weight excluding hydrogens is 523 g/mol. The highest BCUT2D eigenvalue weighted by Gasteiger charge is 2.34. The van der Waals surface area contributed by atoms with Crippen LogP contribution in [0.4, 0.5) is 5.69 Å². The maximum absolute atomic E-state index is 13.7. The molecule has 2 aromatic carbocycles. The summed E-state index contributed by atoms with van der Waals surface area (Å²) in [7, 11) is 1.71. The zero-order chi connectivity index (χ0) is 28.0. The summed E-state index contributed by atoms with van der Waals surface area (Å²) in [6, 6.07) is 12.3. The minimum Gasteiger partial charge on any atom is -0.388 e. The van der Waals surface area contributed by atoms with Crippen molar-refractivity contribution in [3.8, 4) is 0 Å². The molecule has 0 radical (unpaired) electrons. The SMILES string of the molecule is CNC(C)(C)C(=O)N[C@H](Cc1ccc(Cl)cc1Cl)C(=O)N1CCN(c2ccccc2C(O)CC(C)C)CC1. The number of carbonyl (C=O) groups is 2. The Hall–Kier alpha value is -2.32. The van der Waals surface area contributed by atoms with Crippen LogP contribution in [0.25, 0.3) is 0 Å². The average Bonchev–Trinajstić information content (AvgIpc) is 2.88. The Balaban J connectivity index is 1.76. The molecule has 1 saturated heterocycles. The molecule has 0 aliphatic carbocycles. The lowest BCUT2D eigenvalue weighted by molar-refractivity contribution is -0.138. The van der Waals surface area contributed by atoms with E-state index in [1.807, 2.05) is 24.3 Å². The number of aliphatic hydroxyl groups excluding tert-OH is 1. The Bertz CT molecular complexity index is 1120. The molecule has 7 nitrogen and oxygen atoms in total. The van der Waals surface area contributed by atoms with Crippen LogP contribution in [0.2, 0.25) is 10.0 Å². The van der Waals surface area contributed by atoms with Gasteiger partial charge in [0.1, 0.15) is 6.04 Å². The van der Waals surface area contributed by atoms with Crippen LogP contribution in [0.5, 0.6) is 0 Å². The summed E-state index contributed by atoms with van der Waals surface area (Å²) in [5.74, 6) is -0.0408. The van der Waals surface area contributed by atoms with E-state index in [-0.39, 0.29) is 18.2 Å². The second kappa shape index (κ2) is 13.2. The van der Waals surface area contributed by atoms with Crippen LogP contribution in [0.15, 0.2) is 42.5 Å². The topological polar surface area (TPSA) is 84.9 Å². The molecule has 208 valence electrons. The van der Waals surface area contributed by atoms with E-state index in [4.69, 9.17) is 23.2 Å². The third kappa shape index (κ3) is 7.63. The highest BCUT2D eigenvalue weighted by Crippen LogP contribution is 2.31. The number of amides is 2. The molecule has 1 fully saturated rings. The van der Waals surface area contributed by atoms with Gasteiger partial charge in [0, 0.05) is 53.9 Å². The van der Waals surface area contributed by atoms with Gasteiger partial charge in [-0.25, -0.2) is 0 Å². The van der Waals surface area contributed by atoms with Crippen molar-refractivity contribution in [3.63, 3.8) is 0 Å². The number of hydrogen-bond acceptors (Lipinski definition) is 5. The van der Waals surface area contributed by atoms with Crippen LogP contribution in [0, 0.1) is 5.92 Å². The second-order valence-electron chi connectivity index (χ2n) is 10.9. The zero-order valence-electron chi connectivity index (χ0n) is 22.9. The van der Waals surface area contributed by atoms with Crippen molar-refractivity contribution < 1.29 is 14.7 Å². The summed E-state index contributed by atoms with van der Waals surface area (Å²) < 4.78 is 0. The smallest absolute Gasteiger partial charge is 0.245 e. The molecular formula is C29H40Cl2N4O3. The lowest BCUT2D eigenvalue weighted by Crippen LogP contribution is -2.60. The number of nitrogens with zero attached hydrogens (tertiary/aromatic N) is 2. The maximum atomic E-state index is 13.7. The lowest BCUT2D eigenvalue weighted by Gasteiger charge is -2.39. The van der Waals surface area contributed by atoms with Crippen LogP contribution in [0.1, 0.15) is 51.3 Å². The summed E-state index contributed by atoms with van der Waals surface area (Å²) in [4.78, 5) is 30.8. The van der Waals surface area contributed by atoms with E-state index in [0.717, 1.165) is 16.8 Å². The van der Waals surface area contributed by atoms with Gasteiger partial charge in [-0.05, 0) is 57.0 Å². The third-order valence-corrected chi connectivity index (χ3v) is 7.74. The Kier molecular flexibility index (Phi) is 10.5. The fourth-order valence-corrected chi connectivity index (χ4v) is 5.06. The van der Waals surface area contributed by atoms with Gasteiger partial charge >= 0.3 is 0 Å². The molecule has 0 aromatic heterocycles. The quantitative estimate of drug-likeness (QED) is 0.398. The highest BCUT2D eigenvalue weighted by atomic mass is 35.5. The van der Waals surface area contributed by atoms with Crippen LogP contribution < -0.4 is 15.5 Å². The molecule has 2 atom stereocenters. The minimum atomic E-state index is -0.846. The maximum Gasteiger partial charge on any atom is 0.245 e. The van der Waals surface area contributed by atoms with Crippen molar-refractivity contribution in [2.24, 2.45) is 5.92 Å². The number of carbonyl (C=O) groups excluding carboxylic acids is 2. The van der Waals surface area contributed by atoms with Crippen molar-refractivity contribution in [1.29, 1.82) is 0 Å². The van der Waals surface area contributed by atoms with Gasteiger partial charge in [-0.2, -0.15) is 0 Å². The number of aliphatic hydroxyl groups is 1. The van der Waals surface area contributed by atoms with Gasteiger partial charge in [0.25, 0.3) is 0 Å². The van der Waals surface area contributed by atoms with E-state index in [0.29, 0.717) is 48.6 Å². The first kappa shape index (κ1) is 30.2. The molecule has 9 heteroatoms. The normalized spacial score (nSPS) is 15.9. The van der Waals surface area contributed by atoms with E-state index in [9.17, 15) is 14.7 Å². The van der Waals surface area contributed by atoms with Gasteiger partial charge in [0.2, 0.25) is 11.8 Å². The molecule has 2 amide bonds. The molecule has 0 spiro atoms. The number of halogens is 2. The van der Waals surface area contributed by atoms with Crippen molar-refractivity contribution in [2.45, 2.75) is 58.2 Å². The number of para-hydroxylation sites is 1. The molecule has 0 saturated carbocycles. The Morgan fingerprint density at radius 1 is 1.05 bits per heavy atom. The van der Waals surface area contributed by atoms with Crippen molar-refractivity contribution >= 4 is 40.7 Å². The number of hydrogen-bond donors (Lipinski definition) is 3. The summed E-state index contributed by atoms with van der Waals surface area (Å²) in [5.41, 5.74) is 1.81. The first-order valence-corrected chi connectivity index (χ1v) is 13.9. The largest absolute Gasteiger partial charge is 0.388 e. The van der Waals surface area contributed by atoms with Crippen LogP contribution >= 0.6 is 23.2 Å². The van der Waals surface area contributed by atoms with Crippen LogP contribution in [0.3, 0.4) is 0 Å². The average molecular weight is 564 g/mol. The lowest BCUT2D eigenvalue weighted by atomic mass is 9.97. The zero-order valence-corrected chi connectivity index (χ0v) is 24.4. The van der Waals surface area contributed by atoms with Crippen molar-refractivity contribution in [2.75, 3.05) is 38.1 Å². The van der Waals surface area contributed by atoms with E-state index in [1.165, 1.54) is 0 Å². The first-order chi connectivity index (χ1) is 17.9. The highest BCUT2D eigenvalue weighted by molar-refractivity contribution is 6.35. The molecule has 1 heterocycles. The summed E-state index contributed by atoms with van der Waals surface area (Å²) in [5, 5.41) is 17.7. The Morgan fingerprint density at radius 3 is 2.32 bits per heavy atom. The van der Waals surface area contributed by atoms with E-state index < -0.39 is 17.7 Å². The van der Waals surface area contributed by atoms with Crippen molar-refractivity contribution in [1.82, 2.24) is 15.5 Å². The fourth-order valence-electron chi connectivity index (χ4n) is 4.58. The first-order valence-electron chi connectivity index (χ1n) is 13.2. The fraction of sp³-hybridized carbons (Fsp3) is 0.517. The van der Waals surface area contributed by atoms with Gasteiger partial charge in [0.05, 0.1) is 11.6 Å². The van der Waals surface area contributed by atoms with Gasteiger partial charge < -0.3 is 25.5 Å². The van der Waals surface area contributed by atoms with Crippen LogP contribution in [-0.2, 0) is 16.0 Å². The number of benzene rings is 2. The summed E-state index contributed by atoms with van der Waals surface area (Å²) in [6.45, 7) is 9.99. The van der Waals surface area contributed by atoms with E-state index >= 15 is 0 Å². The molecule has 1 aliphatic heterocycles. The molecule has 0 bridgehead atoms. The van der Waals surface area contributed by atoms with E-state index in [1.54, 1.807) is 44.0 Å². The summed E-state index contributed by atoms with van der Waals surface area (Å²) in [6.07, 6.45) is 0.405. The number of rotatable bonds is 10. The van der Waals surface area contributed by atoms with E-state index in [2.05, 4.69) is 29.4 Å². The Morgan fingerprint density at radius 2 is 1.71 bits per heavy atom. The number of anilines is 1. The molecule has 1 unspecified atom stereocenters. The Labute approximate surface area is 236 Å². The third-order valence-electron chi connectivity index (χ3n) is 7.16. The molecule has 1 aliphatic rings. The van der Waals surface area contributed by atoms with Gasteiger partial charge in [-0.3, -0.25) is 9.59 Å². The minimum absolute atomic E-state index is 0.149. The number of piperazine rings is 1. The number of nitrogens with one attached hydrogen (secondary N) is 2. The monoisotopic (exact) mass is 562 g/mol.